The van der Waals surface area contributed by atoms with Gasteiger partial charge in [0.1, 0.15) is 16.9 Å². The van der Waals surface area contributed by atoms with E-state index in [1.807, 2.05) is 0 Å². The zero-order valence-corrected chi connectivity index (χ0v) is 36.6. The van der Waals surface area contributed by atoms with Crippen molar-refractivity contribution in [2.45, 2.75) is 33.6 Å². The van der Waals surface area contributed by atoms with E-state index in [1.165, 1.54) is 60.0 Å². The number of aryl methyl sites for hydroxylation is 2. The summed E-state index contributed by atoms with van der Waals surface area (Å²) in [4.78, 5) is 2.35. The van der Waals surface area contributed by atoms with E-state index in [0.717, 1.165) is 72.4 Å². The number of methoxy groups -OCH3 is 1. The van der Waals surface area contributed by atoms with Gasteiger partial charge in [-0.2, -0.15) is 0 Å². The van der Waals surface area contributed by atoms with Crippen molar-refractivity contribution < 1.29 is 9.15 Å². The van der Waals surface area contributed by atoms with Gasteiger partial charge in [0.25, 0.3) is 0 Å². The summed E-state index contributed by atoms with van der Waals surface area (Å²) in [7, 11) is 1.74. The molecule has 0 aliphatic rings. The molecule has 0 radical (unpaired) electrons. The number of fused-ring (bicyclic) bond motifs is 12. The molecule has 0 aliphatic heterocycles. The van der Waals surface area contributed by atoms with Crippen LogP contribution in [0.15, 0.2) is 186 Å². The van der Waals surface area contributed by atoms with Crippen LogP contribution in [-0.4, -0.2) is 11.7 Å². The third-order valence-corrected chi connectivity index (χ3v) is 13.4. The number of furan rings is 1. The maximum absolute atomic E-state index is 6.95. The van der Waals surface area contributed by atoms with Crippen LogP contribution < -0.4 is 9.64 Å². The average molecular weight is 827 g/mol. The molecular weight excluding hydrogens is 781 g/mol. The van der Waals surface area contributed by atoms with Crippen LogP contribution in [-0.2, 0) is 0 Å². The Hall–Kier alpha value is -7.82. The Morgan fingerprint density at radius 3 is 1.72 bits per heavy atom. The molecule has 10 aromatic carbocycles. The summed E-state index contributed by atoms with van der Waals surface area (Å²) in [6.45, 7) is 8.82. The van der Waals surface area contributed by atoms with E-state index < -0.39 is 0 Å². The van der Waals surface area contributed by atoms with Gasteiger partial charge in [-0.05, 0) is 153 Å². The van der Waals surface area contributed by atoms with Crippen molar-refractivity contribution in [1.82, 2.24) is 4.57 Å². The monoisotopic (exact) mass is 826 g/mol. The molecule has 0 bridgehead atoms. The van der Waals surface area contributed by atoms with Gasteiger partial charge >= 0.3 is 0 Å². The fourth-order valence-electron chi connectivity index (χ4n) is 10.2. The number of hydrogen-bond acceptors (Lipinski definition) is 3. The number of ether oxygens (including phenoxy) is 1. The van der Waals surface area contributed by atoms with Crippen LogP contribution in [0.5, 0.6) is 5.75 Å². The van der Waals surface area contributed by atoms with E-state index in [1.54, 1.807) is 7.11 Å². The second-order valence-corrected chi connectivity index (χ2v) is 17.6. The van der Waals surface area contributed by atoms with Gasteiger partial charge in [-0.15, -0.1) is 0 Å². The third-order valence-electron chi connectivity index (χ3n) is 13.4. The smallest absolute Gasteiger partial charge is 0.137 e. The van der Waals surface area contributed by atoms with Crippen LogP contribution in [0, 0.1) is 13.8 Å². The summed E-state index contributed by atoms with van der Waals surface area (Å²) >= 11 is 0. The number of nitrogens with zero attached hydrogens (tertiary/aromatic N) is 2. The van der Waals surface area contributed by atoms with E-state index in [-0.39, 0.29) is 0 Å². The van der Waals surface area contributed by atoms with E-state index in [4.69, 9.17) is 9.15 Å². The molecule has 2 aromatic heterocycles. The Kier molecular flexibility index (Phi) is 8.67. The molecule has 0 aliphatic carbocycles. The number of benzene rings is 10. The van der Waals surface area contributed by atoms with Crippen molar-refractivity contribution in [2.24, 2.45) is 0 Å². The predicted octanol–water partition coefficient (Wildman–Crippen LogP) is 17.0. The molecule has 12 aromatic rings. The highest BCUT2D eigenvalue weighted by Gasteiger charge is 2.22. The summed E-state index contributed by atoms with van der Waals surface area (Å²) < 4.78 is 15.2. The first-order chi connectivity index (χ1) is 31.3. The number of anilines is 3. The number of rotatable bonds is 7. The Bertz CT molecular complexity index is 3820. The van der Waals surface area contributed by atoms with Crippen molar-refractivity contribution in [1.29, 1.82) is 0 Å². The standard InChI is InChI=1S/C60H46N2O2/c1-36(2)39-19-21-41(22-20-39)61(42-23-25-46(38(4)29-42)40-13-7-6-8-14-40)43-24-26-51-56-34-58-55(35-60(56)64-59(51)31-43)54-32-52-49-17-11-9-15-47(49)48-16-10-12-18-50(48)53(52)33-57(54)62(58)44-27-37(3)28-45(30-44)63-5/h6-36H,1-5H3. The molecule has 0 N–H and O–H groups in total. The molecule has 12 rings (SSSR count). The van der Waals surface area contributed by atoms with E-state index >= 15 is 0 Å². The van der Waals surface area contributed by atoms with E-state index in [2.05, 4.69) is 219 Å². The minimum atomic E-state index is 0.442. The van der Waals surface area contributed by atoms with Gasteiger partial charge in [0.05, 0.1) is 23.8 Å². The molecule has 2 heterocycles. The van der Waals surface area contributed by atoms with Crippen molar-refractivity contribution in [3.8, 4) is 22.6 Å². The molecule has 0 spiro atoms. The van der Waals surface area contributed by atoms with Crippen molar-refractivity contribution in [3.05, 3.63) is 199 Å². The van der Waals surface area contributed by atoms with Crippen molar-refractivity contribution in [3.63, 3.8) is 0 Å². The number of aromatic nitrogens is 1. The Morgan fingerprint density at radius 1 is 0.469 bits per heavy atom. The average Bonchev–Trinajstić information content (AvgIpc) is 3.84. The maximum Gasteiger partial charge on any atom is 0.137 e. The lowest BCUT2D eigenvalue weighted by atomic mass is 9.93. The van der Waals surface area contributed by atoms with Crippen molar-refractivity contribution in [2.75, 3.05) is 12.0 Å². The molecule has 0 saturated carbocycles. The molecule has 0 amide bonds. The summed E-state index contributed by atoms with van der Waals surface area (Å²) in [5, 5.41) is 12.0. The molecule has 0 fully saturated rings. The van der Waals surface area contributed by atoms with Crippen LogP contribution in [0.4, 0.5) is 17.1 Å². The minimum absolute atomic E-state index is 0.442. The van der Waals surface area contributed by atoms with Gasteiger partial charge < -0.3 is 18.6 Å². The molecule has 0 atom stereocenters. The van der Waals surface area contributed by atoms with Gasteiger partial charge in [0.2, 0.25) is 0 Å². The summed E-state index contributed by atoms with van der Waals surface area (Å²) in [6.07, 6.45) is 0. The van der Waals surface area contributed by atoms with E-state index in [9.17, 15) is 0 Å². The first kappa shape index (κ1) is 37.9. The Labute approximate surface area is 372 Å². The summed E-state index contributed by atoms with van der Waals surface area (Å²) in [6, 6.07) is 66.6. The quantitative estimate of drug-likeness (QED) is 0.150. The summed E-state index contributed by atoms with van der Waals surface area (Å²) in [5.74, 6) is 1.27. The third kappa shape index (κ3) is 5.97. The van der Waals surface area contributed by atoms with Crippen LogP contribution in [0.3, 0.4) is 0 Å². The van der Waals surface area contributed by atoms with Gasteiger partial charge in [-0.1, -0.05) is 111 Å². The Balaban J connectivity index is 1.09. The highest BCUT2D eigenvalue weighted by atomic mass is 16.5. The molecule has 64 heavy (non-hydrogen) atoms. The maximum atomic E-state index is 6.95. The highest BCUT2D eigenvalue weighted by molar-refractivity contribution is 6.29. The normalized spacial score (nSPS) is 12.0. The van der Waals surface area contributed by atoms with Gasteiger partial charge in [-0.25, -0.2) is 0 Å². The first-order valence-corrected chi connectivity index (χ1v) is 22.2. The Morgan fingerprint density at radius 2 is 1.05 bits per heavy atom. The first-order valence-electron chi connectivity index (χ1n) is 22.2. The molecule has 0 unspecified atom stereocenters. The zero-order valence-electron chi connectivity index (χ0n) is 36.6. The second kappa shape index (κ2) is 14.6. The zero-order chi connectivity index (χ0) is 43.2. The van der Waals surface area contributed by atoms with Crippen LogP contribution in [0.1, 0.15) is 36.5 Å². The lowest BCUT2D eigenvalue weighted by molar-refractivity contribution is 0.414. The van der Waals surface area contributed by atoms with Crippen LogP contribution >= 0.6 is 0 Å². The molecule has 4 nitrogen and oxygen atoms in total. The van der Waals surface area contributed by atoms with Crippen molar-refractivity contribution >= 4 is 93.1 Å². The molecule has 0 saturated heterocycles. The fraction of sp³-hybridized carbons (Fsp3) is 0.100. The van der Waals surface area contributed by atoms with Gasteiger partial charge in [0, 0.05) is 50.7 Å². The topological polar surface area (TPSA) is 30.5 Å². The lowest BCUT2D eigenvalue weighted by Gasteiger charge is -2.26. The largest absolute Gasteiger partial charge is 0.497 e. The minimum Gasteiger partial charge on any atom is -0.497 e. The molecule has 4 heteroatoms. The van der Waals surface area contributed by atoms with Crippen LogP contribution in [0.2, 0.25) is 0 Å². The SMILES string of the molecule is COc1cc(C)cc(-n2c3cc4c(cc3c3cc5c6ccccc6c6ccccc6c5cc32)oc2cc(N(c3ccc(C(C)C)cc3)c3ccc(-c5ccccc5)c(C)c3)ccc24)c1. The fourth-order valence-corrected chi connectivity index (χ4v) is 10.2. The molecule has 308 valence electrons. The summed E-state index contributed by atoms with van der Waals surface area (Å²) in [5.41, 5.74) is 14.4. The van der Waals surface area contributed by atoms with Gasteiger partial charge in [0.15, 0.2) is 0 Å². The van der Waals surface area contributed by atoms with E-state index in [0.29, 0.717) is 5.92 Å². The highest BCUT2D eigenvalue weighted by Crippen LogP contribution is 2.45. The lowest BCUT2D eigenvalue weighted by Crippen LogP contribution is -2.10. The van der Waals surface area contributed by atoms with Crippen LogP contribution in [0.25, 0.3) is 92.9 Å². The van der Waals surface area contributed by atoms with Gasteiger partial charge in [-0.3, -0.25) is 0 Å². The second-order valence-electron chi connectivity index (χ2n) is 17.6. The predicted molar refractivity (Wildman–Crippen MR) is 271 cm³/mol. The molecular formula is C60H46N2O2. The number of hydrogen-bond donors (Lipinski definition) is 0.